The molecular formula is C19H27N7. The lowest BCUT2D eigenvalue weighted by Crippen LogP contribution is -2.44. The first-order valence-electron chi connectivity index (χ1n) is 9.39. The molecule has 2 aliphatic rings. The largest absolute Gasteiger partial charge is 0.352 e. The molecule has 138 valence electrons. The second-order valence-corrected chi connectivity index (χ2v) is 7.15. The fourth-order valence-electron chi connectivity index (χ4n) is 3.53. The van der Waals surface area contributed by atoms with Crippen molar-refractivity contribution >= 4 is 5.96 Å². The molecule has 0 radical (unpaired) electrons. The third-order valence-electron chi connectivity index (χ3n) is 5.19. The molecule has 0 spiro atoms. The van der Waals surface area contributed by atoms with E-state index in [-0.39, 0.29) is 0 Å². The molecule has 26 heavy (non-hydrogen) atoms. The highest BCUT2D eigenvalue weighted by molar-refractivity contribution is 5.80. The summed E-state index contributed by atoms with van der Waals surface area (Å²) >= 11 is 0. The minimum atomic E-state index is 0.492. The van der Waals surface area contributed by atoms with E-state index in [1.54, 1.807) is 6.20 Å². The van der Waals surface area contributed by atoms with Crippen molar-refractivity contribution < 1.29 is 0 Å². The van der Waals surface area contributed by atoms with Crippen molar-refractivity contribution in [2.24, 2.45) is 4.99 Å². The van der Waals surface area contributed by atoms with E-state index in [2.05, 4.69) is 36.6 Å². The van der Waals surface area contributed by atoms with Crippen LogP contribution in [0.15, 0.2) is 35.7 Å². The van der Waals surface area contributed by atoms with Gasteiger partial charge in [-0.2, -0.15) is 0 Å². The lowest BCUT2D eigenvalue weighted by atomic mass is 10.2. The Morgan fingerprint density at radius 3 is 2.81 bits per heavy atom. The third-order valence-corrected chi connectivity index (χ3v) is 5.19. The maximum atomic E-state index is 4.54. The molecule has 0 aromatic carbocycles. The smallest absolute Gasteiger partial charge is 0.191 e. The summed E-state index contributed by atoms with van der Waals surface area (Å²) in [5.74, 6) is 2.68. The van der Waals surface area contributed by atoms with Gasteiger partial charge < -0.3 is 10.6 Å². The molecule has 2 aromatic heterocycles. The first kappa shape index (κ1) is 17.0. The van der Waals surface area contributed by atoms with E-state index in [4.69, 9.17) is 0 Å². The molecule has 2 aromatic rings. The van der Waals surface area contributed by atoms with Gasteiger partial charge in [0.25, 0.3) is 0 Å². The van der Waals surface area contributed by atoms with E-state index in [0.717, 1.165) is 35.8 Å². The molecule has 1 aliphatic heterocycles. The van der Waals surface area contributed by atoms with Crippen LogP contribution < -0.4 is 10.6 Å². The van der Waals surface area contributed by atoms with E-state index in [9.17, 15) is 0 Å². The number of hydrogen-bond acceptors (Lipinski definition) is 4. The van der Waals surface area contributed by atoms with E-state index < -0.39 is 0 Å². The van der Waals surface area contributed by atoms with Gasteiger partial charge in [-0.05, 0) is 37.8 Å². The normalized spacial score (nSPS) is 21.2. The monoisotopic (exact) mass is 353 g/mol. The van der Waals surface area contributed by atoms with Crippen molar-refractivity contribution in [2.45, 2.75) is 44.8 Å². The standard InChI is InChI=1S/C19H27N7/c1-14-21-8-10-26(14)18-6-3-15(11-22-18)12-23-19(20-2)24-16-7-9-25(13-16)17-4-5-17/h3,6,8,10-11,16-17H,4-5,7,9,12-13H2,1-2H3,(H2,20,23,24). The SMILES string of the molecule is CN=C(NCc1ccc(-n2ccnc2C)nc1)NC1CCN(C2CC2)C1. The molecule has 1 unspecified atom stereocenters. The predicted molar refractivity (Wildman–Crippen MR) is 102 cm³/mol. The Hall–Kier alpha value is -2.41. The molecule has 4 rings (SSSR count). The summed E-state index contributed by atoms with van der Waals surface area (Å²) in [5.41, 5.74) is 1.13. The first-order valence-corrected chi connectivity index (χ1v) is 9.39. The molecular weight excluding hydrogens is 326 g/mol. The van der Waals surface area contributed by atoms with Crippen LogP contribution in [0.4, 0.5) is 0 Å². The summed E-state index contributed by atoms with van der Waals surface area (Å²) in [6.45, 7) is 5.01. The van der Waals surface area contributed by atoms with Gasteiger partial charge in [-0.1, -0.05) is 6.07 Å². The zero-order valence-electron chi connectivity index (χ0n) is 15.5. The summed E-state index contributed by atoms with van der Waals surface area (Å²) in [7, 11) is 1.83. The molecule has 7 nitrogen and oxygen atoms in total. The molecule has 2 fully saturated rings. The molecule has 7 heteroatoms. The Balaban J connectivity index is 1.29. The average molecular weight is 353 g/mol. The molecule has 1 saturated heterocycles. The van der Waals surface area contributed by atoms with Gasteiger partial charge in [-0.25, -0.2) is 9.97 Å². The molecule has 2 N–H and O–H groups in total. The summed E-state index contributed by atoms with van der Waals surface area (Å²) in [5, 5.41) is 6.95. The van der Waals surface area contributed by atoms with Crippen LogP contribution in [0, 0.1) is 6.92 Å². The predicted octanol–water partition coefficient (Wildman–Crippen LogP) is 1.48. The minimum Gasteiger partial charge on any atom is -0.352 e. The van der Waals surface area contributed by atoms with Crippen LogP contribution in [0.25, 0.3) is 5.82 Å². The van der Waals surface area contributed by atoms with Crippen molar-refractivity contribution in [1.82, 2.24) is 30.1 Å². The highest BCUT2D eigenvalue weighted by Crippen LogP contribution is 2.29. The number of aryl methyl sites for hydroxylation is 1. The zero-order valence-corrected chi connectivity index (χ0v) is 15.5. The van der Waals surface area contributed by atoms with Crippen molar-refractivity contribution in [3.63, 3.8) is 0 Å². The number of guanidine groups is 1. The zero-order chi connectivity index (χ0) is 17.9. The Bertz CT molecular complexity index is 760. The van der Waals surface area contributed by atoms with Gasteiger partial charge in [0, 0.05) is 57.4 Å². The van der Waals surface area contributed by atoms with Gasteiger partial charge in [-0.3, -0.25) is 14.5 Å². The van der Waals surface area contributed by atoms with Crippen LogP contribution in [-0.2, 0) is 6.54 Å². The molecule has 0 amide bonds. The molecule has 1 aliphatic carbocycles. The number of imidazole rings is 1. The van der Waals surface area contributed by atoms with E-state index in [1.165, 1.54) is 25.8 Å². The number of aromatic nitrogens is 3. The summed E-state index contributed by atoms with van der Waals surface area (Å²) < 4.78 is 1.98. The highest BCUT2D eigenvalue weighted by atomic mass is 15.3. The quantitative estimate of drug-likeness (QED) is 0.629. The van der Waals surface area contributed by atoms with Crippen LogP contribution in [0.2, 0.25) is 0 Å². The van der Waals surface area contributed by atoms with Crippen LogP contribution in [0.5, 0.6) is 0 Å². The fraction of sp³-hybridized carbons (Fsp3) is 0.526. The third kappa shape index (κ3) is 3.88. The van der Waals surface area contributed by atoms with Crippen molar-refractivity contribution in [2.75, 3.05) is 20.1 Å². The highest BCUT2D eigenvalue weighted by Gasteiger charge is 2.34. The second-order valence-electron chi connectivity index (χ2n) is 7.15. The van der Waals surface area contributed by atoms with Gasteiger partial charge in [-0.15, -0.1) is 0 Å². The summed E-state index contributed by atoms with van der Waals surface area (Å²) in [4.78, 5) is 15.7. The van der Waals surface area contributed by atoms with E-state index in [1.807, 2.05) is 37.0 Å². The van der Waals surface area contributed by atoms with E-state index >= 15 is 0 Å². The topological polar surface area (TPSA) is 70.4 Å². The van der Waals surface area contributed by atoms with Gasteiger partial charge in [0.2, 0.25) is 0 Å². The van der Waals surface area contributed by atoms with Crippen LogP contribution >= 0.6 is 0 Å². The van der Waals surface area contributed by atoms with Crippen molar-refractivity contribution in [3.8, 4) is 5.82 Å². The number of pyridine rings is 1. The fourth-order valence-corrected chi connectivity index (χ4v) is 3.53. The summed E-state index contributed by atoms with van der Waals surface area (Å²) in [6.07, 6.45) is 9.56. The lowest BCUT2D eigenvalue weighted by molar-refractivity contribution is 0.321. The minimum absolute atomic E-state index is 0.492. The van der Waals surface area contributed by atoms with Gasteiger partial charge in [0.1, 0.15) is 11.6 Å². The number of hydrogen-bond donors (Lipinski definition) is 2. The number of aliphatic imine (C=N–C) groups is 1. The number of nitrogens with one attached hydrogen (secondary N) is 2. The number of nitrogens with zero attached hydrogens (tertiary/aromatic N) is 5. The van der Waals surface area contributed by atoms with Crippen LogP contribution in [-0.4, -0.2) is 57.6 Å². The number of rotatable bonds is 5. The van der Waals surface area contributed by atoms with Gasteiger partial charge in [0.05, 0.1) is 0 Å². The van der Waals surface area contributed by atoms with E-state index in [0.29, 0.717) is 12.6 Å². The second kappa shape index (κ2) is 7.45. The Kier molecular flexibility index (Phi) is 4.88. The van der Waals surface area contributed by atoms with Crippen molar-refractivity contribution in [3.05, 3.63) is 42.1 Å². The molecule has 0 bridgehead atoms. The van der Waals surface area contributed by atoms with Crippen LogP contribution in [0.1, 0.15) is 30.7 Å². The lowest BCUT2D eigenvalue weighted by Gasteiger charge is -2.18. The van der Waals surface area contributed by atoms with Gasteiger partial charge >= 0.3 is 0 Å². The maximum Gasteiger partial charge on any atom is 0.191 e. The van der Waals surface area contributed by atoms with Crippen molar-refractivity contribution in [1.29, 1.82) is 0 Å². The molecule has 1 atom stereocenters. The van der Waals surface area contributed by atoms with Crippen LogP contribution in [0.3, 0.4) is 0 Å². The Morgan fingerprint density at radius 2 is 2.15 bits per heavy atom. The van der Waals surface area contributed by atoms with Gasteiger partial charge in [0.15, 0.2) is 5.96 Å². The molecule has 1 saturated carbocycles. The first-order chi connectivity index (χ1) is 12.7. The molecule has 3 heterocycles. The maximum absolute atomic E-state index is 4.54. The average Bonchev–Trinajstić information content (AvgIpc) is 3.26. The summed E-state index contributed by atoms with van der Waals surface area (Å²) in [6, 6.07) is 5.45. The Morgan fingerprint density at radius 1 is 1.27 bits per heavy atom. The Labute approximate surface area is 154 Å². The number of likely N-dealkylation sites (tertiary alicyclic amines) is 1.